The van der Waals surface area contributed by atoms with E-state index in [2.05, 4.69) is 38.3 Å². The van der Waals surface area contributed by atoms with Crippen molar-refractivity contribution in [1.29, 1.82) is 0 Å². The number of halogens is 1. The van der Waals surface area contributed by atoms with Crippen LogP contribution in [0.15, 0.2) is 30.3 Å². The van der Waals surface area contributed by atoms with Crippen LogP contribution in [0.3, 0.4) is 0 Å². The van der Waals surface area contributed by atoms with Gasteiger partial charge in [-0.3, -0.25) is 9.58 Å². The second-order valence-corrected chi connectivity index (χ2v) is 6.93. The number of carbonyl (C=O) groups is 1. The zero-order valence-electron chi connectivity index (χ0n) is 15.9. The molecule has 2 amide bonds. The molecule has 0 saturated heterocycles. The zero-order chi connectivity index (χ0) is 19.1. The summed E-state index contributed by atoms with van der Waals surface area (Å²) in [5, 5.41) is 10.2. The highest BCUT2D eigenvalue weighted by Crippen LogP contribution is 2.14. The lowest BCUT2D eigenvalue weighted by Gasteiger charge is -2.17. The summed E-state index contributed by atoms with van der Waals surface area (Å²) >= 11 is 0. The van der Waals surface area contributed by atoms with Gasteiger partial charge < -0.3 is 10.6 Å². The Kier molecular flexibility index (Phi) is 6.81. The summed E-state index contributed by atoms with van der Waals surface area (Å²) in [5.41, 5.74) is 2.68. The number of urea groups is 1. The minimum Gasteiger partial charge on any atom is -0.338 e. The van der Waals surface area contributed by atoms with Crippen LogP contribution in [0.5, 0.6) is 0 Å². The van der Waals surface area contributed by atoms with Crippen molar-refractivity contribution in [2.24, 2.45) is 0 Å². The largest absolute Gasteiger partial charge is 0.338 e. The molecule has 0 unspecified atom stereocenters. The van der Waals surface area contributed by atoms with Gasteiger partial charge in [0.1, 0.15) is 5.82 Å². The van der Waals surface area contributed by atoms with Crippen LogP contribution in [-0.2, 0) is 26.1 Å². The summed E-state index contributed by atoms with van der Waals surface area (Å²) in [6.45, 7) is 7.01. The number of hydrogen-bond donors (Lipinski definition) is 2. The molecule has 27 heavy (non-hydrogen) atoms. The molecule has 0 saturated carbocycles. The van der Waals surface area contributed by atoms with E-state index in [1.807, 2.05) is 0 Å². The van der Waals surface area contributed by atoms with E-state index in [0.29, 0.717) is 25.1 Å². The topological polar surface area (TPSA) is 62.2 Å². The first kappa shape index (κ1) is 19.4. The first-order chi connectivity index (χ1) is 13.2. The van der Waals surface area contributed by atoms with E-state index in [0.717, 1.165) is 44.7 Å². The number of carbonyl (C=O) groups excluding carboxylic acids is 1. The first-order valence-electron chi connectivity index (χ1n) is 9.68. The number of fused-ring (bicyclic) bond motifs is 1. The Labute approximate surface area is 159 Å². The Morgan fingerprint density at radius 2 is 2.11 bits per heavy atom. The monoisotopic (exact) mass is 373 g/mol. The predicted molar refractivity (Wildman–Crippen MR) is 103 cm³/mol. The molecule has 1 aliphatic heterocycles. The van der Waals surface area contributed by atoms with E-state index in [1.54, 1.807) is 18.2 Å². The standard InChI is InChI=1S/C20H28FN5O/c1-2-10-25-11-5-12-26-18(15-25)13-17(24-26)14-23-20(27)22-9-8-16-6-3-4-7-19(16)21/h3-4,6-7,13H,2,5,8-12,14-15H2,1H3,(H2,22,23,27). The molecule has 0 aliphatic carbocycles. The maximum Gasteiger partial charge on any atom is 0.315 e. The van der Waals surface area contributed by atoms with Crippen LogP contribution in [0.2, 0.25) is 0 Å². The normalized spacial score (nSPS) is 14.4. The lowest BCUT2D eigenvalue weighted by atomic mass is 10.1. The smallest absolute Gasteiger partial charge is 0.315 e. The SMILES string of the molecule is CCCN1CCCn2nc(CNC(=O)NCCc3ccccc3F)cc2C1. The molecule has 7 heteroatoms. The zero-order valence-corrected chi connectivity index (χ0v) is 15.9. The van der Waals surface area contributed by atoms with Crippen LogP contribution in [-0.4, -0.2) is 40.3 Å². The first-order valence-corrected chi connectivity index (χ1v) is 9.68. The van der Waals surface area contributed by atoms with Crippen molar-refractivity contribution >= 4 is 6.03 Å². The van der Waals surface area contributed by atoms with Crippen LogP contribution in [0.4, 0.5) is 9.18 Å². The highest BCUT2D eigenvalue weighted by molar-refractivity contribution is 5.73. The molecule has 0 bridgehead atoms. The number of rotatable bonds is 7. The third kappa shape index (κ3) is 5.53. The molecule has 0 radical (unpaired) electrons. The van der Waals surface area contributed by atoms with Gasteiger partial charge in [-0.05, 0) is 43.5 Å². The van der Waals surface area contributed by atoms with E-state index >= 15 is 0 Å². The number of nitrogens with one attached hydrogen (secondary N) is 2. The van der Waals surface area contributed by atoms with Crippen molar-refractivity contribution < 1.29 is 9.18 Å². The molecule has 0 atom stereocenters. The Hall–Kier alpha value is -2.41. The summed E-state index contributed by atoms with van der Waals surface area (Å²) in [6, 6.07) is 8.43. The van der Waals surface area contributed by atoms with Crippen LogP contribution >= 0.6 is 0 Å². The third-order valence-electron chi connectivity index (χ3n) is 4.75. The molecular weight excluding hydrogens is 345 g/mol. The summed E-state index contributed by atoms with van der Waals surface area (Å²) in [6.07, 6.45) is 2.71. The van der Waals surface area contributed by atoms with Gasteiger partial charge in [0.2, 0.25) is 0 Å². The Balaban J connectivity index is 1.44. The van der Waals surface area contributed by atoms with Gasteiger partial charge in [-0.15, -0.1) is 0 Å². The van der Waals surface area contributed by atoms with Gasteiger partial charge >= 0.3 is 6.03 Å². The summed E-state index contributed by atoms with van der Waals surface area (Å²) in [7, 11) is 0. The lowest BCUT2D eigenvalue weighted by Crippen LogP contribution is -2.36. The maximum atomic E-state index is 13.6. The second kappa shape index (κ2) is 9.50. The fourth-order valence-electron chi connectivity index (χ4n) is 3.43. The van der Waals surface area contributed by atoms with Crippen molar-refractivity contribution in [3.63, 3.8) is 0 Å². The average molecular weight is 373 g/mol. The van der Waals surface area contributed by atoms with Crippen molar-refractivity contribution in [2.45, 2.75) is 45.8 Å². The Bertz CT molecular complexity index is 761. The highest BCUT2D eigenvalue weighted by Gasteiger charge is 2.16. The van der Waals surface area contributed by atoms with Crippen molar-refractivity contribution in [3.05, 3.63) is 53.1 Å². The van der Waals surface area contributed by atoms with Gasteiger partial charge in [0, 0.05) is 26.2 Å². The second-order valence-electron chi connectivity index (χ2n) is 6.93. The van der Waals surface area contributed by atoms with Crippen LogP contribution in [0, 0.1) is 5.82 Å². The van der Waals surface area contributed by atoms with E-state index < -0.39 is 0 Å². The average Bonchev–Trinajstić information content (AvgIpc) is 2.94. The van der Waals surface area contributed by atoms with Gasteiger partial charge in [-0.25, -0.2) is 9.18 Å². The van der Waals surface area contributed by atoms with Crippen LogP contribution in [0.1, 0.15) is 36.7 Å². The van der Waals surface area contributed by atoms with Crippen molar-refractivity contribution in [2.75, 3.05) is 19.6 Å². The quantitative estimate of drug-likeness (QED) is 0.784. The summed E-state index contributed by atoms with van der Waals surface area (Å²) in [5.74, 6) is -0.240. The Morgan fingerprint density at radius 1 is 1.26 bits per heavy atom. The molecule has 1 aliphatic rings. The molecule has 2 N–H and O–H groups in total. The van der Waals surface area contributed by atoms with Gasteiger partial charge in [-0.1, -0.05) is 25.1 Å². The molecule has 1 aromatic heterocycles. The molecule has 3 rings (SSSR count). The van der Waals surface area contributed by atoms with Gasteiger partial charge in [-0.2, -0.15) is 5.10 Å². The molecular formula is C20H28FN5O. The highest BCUT2D eigenvalue weighted by atomic mass is 19.1. The molecule has 0 spiro atoms. The van der Waals surface area contributed by atoms with Gasteiger partial charge in [0.15, 0.2) is 0 Å². The van der Waals surface area contributed by atoms with Crippen LogP contribution < -0.4 is 10.6 Å². The van der Waals surface area contributed by atoms with E-state index in [4.69, 9.17) is 0 Å². The number of hydrogen-bond acceptors (Lipinski definition) is 3. The molecule has 0 fully saturated rings. The predicted octanol–water partition coefficient (Wildman–Crippen LogP) is 2.68. The molecule has 1 aromatic carbocycles. The molecule has 6 nitrogen and oxygen atoms in total. The number of amides is 2. The molecule has 2 aromatic rings. The minimum absolute atomic E-state index is 0.240. The lowest BCUT2D eigenvalue weighted by molar-refractivity contribution is 0.240. The van der Waals surface area contributed by atoms with Crippen LogP contribution in [0.25, 0.3) is 0 Å². The number of aryl methyl sites for hydroxylation is 1. The molecule has 2 heterocycles. The van der Waals surface area contributed by atoms with E-state index in [-0.39, 0.29) is 11.8 Å². The summed E-state index contributed by atoms with van der Waals surface area (Å²) < 4.78 is 15.6. The fraction of sp³-hybridized carbons (Fsp3) is 0.500. The number of benzene rings is 1. The van der Waals surface area contributed by atoms with E-state index in [9.17, 15) is 9.18 Å². The van der Waals surface area contributed by atoms with Crippen molar-refractivity contribution in [1.82, 2.24) is 25.3 Å². The summed E-state index contributed by atoms with van der Waals surface area (Å²) in [4.78, 5) is 14.4. The third-order valence-corrected chi connectivity index (χ3v) is 4.75. The van der Waals surface area contributed by atoms with Gasteiger partial charge in [0.05, 0.1) is 17.9 Å². The number of aromatic nitrogens is 2. The van der Waals surface area contributed by atoms with E-state index in [1.165, 1.54) is 11.8 Å². The molecule has 146 valence electrons. The van der Waals surface area contributed by atoms with Gasteiger partial charge in [0.25, 0.3) is 0 Å². The maximum absolute atomic E-state index is 13.6. The Morgan fingerprint density at radius 3 is 2.93 bits per heavy atom. The minimum atomic E-state index is -0.262. The fourth-order valence-corrected chi connectivity index (χ4v) is 3.43. The van der Waals surface area contributed by atoms with Crippen molar-refractivity contribution in [3.8, 4) is 0 Å². The number of nitrogens with zero attached hydrogens (tertiary/aromatic N) is 3.